The Hall–Kier alpha value is -1.72. The zero-order valence-electron chi connectivity index (χ0n) is 11.2. The van der Waals surface area contributed by atoms with Gasteiger partial charge in [0.05, 0.1) is 27.9 Å². The van der Waals surface area contributed by atoms with Gasteiger partial charge in [0.15, 0.2) is 0 Å². The van der Waals surface area contributed by atoms with Crippen molar-refractivity contribution < 1.29 is 14.3 Å². The van der Waals surface area contributed by atoms with Crippen LogP contribution in [-0.4, -0.2) is 13.1 Å². The van der Waals surface area contributed by atoms with Gasteiger partial charge in [-0.2, -0.15) is 0 Å². The van der Waals surface area contributed by atoms with Gasteiger partial charge in [0.1, 0.15) is 12.4 Å². The number of halogens is 2. The third-order valence-corrected chi connectivity index (χ3v) is 3.77. The van der Waals surface area contributed by atoms with Gasteiger partial charge in [-0.15, -0.1) is 0 Å². The summed E-state index contributed by atoms with van der Waals surface area (Å²) in [5, 5.41) is 0.330. The second-order valence-corrected chi connectivity index (χ2v) is 5.54. The summed E-state index contributed by atoms with van der Waals surface area (Å²) >= 11 is 9.26. The van der Waals surface area contributed by atoms with E-state index >= 15 is 0 Å². The van der Waals surface area contributed by atoms with Crippen LogP contribution >= 0.6 is 27.5 Å². The van der Waals surface area contributed by atoms with Crippen LogP contribution in [0.3, 0.4) is 0 Å². The predicted molar refractivity (Wildman–Crippen MR) is 85.7 cm³/mol. The topological polar surface area (TPSA) is 61.5 Å². The van der Waals surface area contributed by atoms with Crippen LogP contribution in [0.25, 0.3) is 0 Å². The molecule has 0 saturated heterocycles. The first-order chi connectivity index (χ1) is 10.0. The predicted octanol–water partition coefficient (Wildman–Crippen LogP) is 4.05. The number of carbonyl (C=O) groups excluding carboxylic acids is 1. The Morgan fingerprint density at radius 3 is 2.67 bits per heavy atom. The van der Waals surface area contributed by atoms with Gasteiger partial charge in [-0.1, -0.05) is 17.7 Å². The van der Waals surface area contributed by atoms with Crippen LogP contribution in [0.15, 0.2) is 40.9 Å². The van der Waals surface area contributed by atoms with Gasteiger partial charge < -0.3 is 15.2 Å². The fourth-order valence-electron chi connectivity index (χ4n) is 1.69. The van der Waals surface area contributed by atoms with Crippen molar-refractivity contribution in [2.45, 2.75) is 6.61 Å². The number of ether oxygens (including phenoxy) is 2. The third-order valence-electron chi connectivity index (χ3n) is 2.82. The number of methoxy groups -OCH3 is 1. The summed E-state index contributed by atoms with van der Waals surface area (Å²) in [6, 6.07) is 10.1. The van der Waals surface area contributed by atoms with Crippen molar-refractivity contribution in [1.82, 2.24) is 0 Å². The first kappa shape index (κ1) is 15.7. The Morgan fingerprint density at radius 2 is 2.05 bits per heavy atom. The molecule has 0 aliphatic carbocycles. The molecule has 0 radical (unpaired) electrons. The van der Waals surface area contributed by atoms with Gasteiger partial charge in [-0.25, -0.2) is 4.79 Å². The van der Waals surface area contributed by atoms with Gasteiger partial charge in [-0.3, -0.25) is 0 Å². The molecule has 0 aliphatic rings. The molecule has 6 heteroatoms. The highest BCUT2D eigenvalue weighted by molar-refractivity contribution is 9.10. The maximum atomic E-state index is 11.9. The molecular weight excluding hydrogens is 358 g/mol. The molecule has 110 valence electrons. The van der Waals surface area contributed by atoms with Crippen LogP contribution in [0.1, 0.15) is 15.9 Å². The van der Waals surface area contributed by atoms with Crippen LogP contribution in [-0.2, 0) is 11.3 Å². The molecule has 2 rings (SSSR count). The van der Waals surface area contributed by atoms with E-state index in [-0.39, 0.29) is 6.61 Å². The molecule has 0 heterocycles. The molecule has 4 nitrogen and oxygen atoms in total. The van der Waals surface area contributed by atoms with Crippen LogP contribution in [0.2, 0.25) is 5.02 Å². The van der Waals surface area contributed by atoms with Gasteiger partial charge in [0, 0.05) is 0 Å². The van der Waals surface area contributed by atoms with E-state index in [1.807, 2.05) is 12.1 Å². The molecule has 0 aliphatic heterocycles. The summed E-state index contributed by atoms with van der Waals surface area (Å²) in [4.78, 5) is 11.9. The molecular formula is C15H13BrClNO3. The summed E-state index contributed by atoms with van der Waals surface area (Å²) in [5.41, 5.74) is 7.23. The maximum Gasteiger partial charge on any atom is 0.338 e. The molecule has 2 aromatic carbocycles. The number of benzene rings is 2. The smallest absolute Gasteiger partial charge is 0.338 e. The summed E-state index contributed by atoms with van der Waals surface area (Å²) in [7, 11) is 1.59. The van der Waals surface area contributed by atoms with Crippen molar-refractivity contribution in [2.75, 3.05) is 12.8 Å². The average Bonchev–Trinajstić information content (AvgIpc) is 2.47. The summed E-state index contributed by atoms with van der Waals surface area (Å²) in [6.07, 6.45) is 0. The monoisotopic (exact) mass is 369 g/mol. The SMILES string of the molecule is COc1ccc(COC(=O)c2ccc(N)c(Cl)c2)cc1Br. The number of hydrogen-bond acceptors (Lipinski definition) is 4. The van der Waals surface area contributed by atoms with E-state index in [4.69, 9.17) is 26.8 Å². The summed E-state index contributed by atoms with van der Waals surface area (Å²) in [6.45, 7) is 0.156. The molecule has 2 aromatic rings. The second kappa shape index (κ2) is 6.83. The quantitative estimate of drug-likeness (QED) is 0.651. The van der Waals surface area contributed by atoms with E-state index in [1.165, 1.54) is 6.07 Å². The Balaban J connectivity index is 2.03. The molecule has 0 saturated carbocycles. The molecule has 21 heavy (non-hydrogen) atoms. The summed E-state index contributed by atoms with van der Waals surface area (Å²) < 4.78 is 11.2. The third kappa shape index (κ3) is 3.89. The average molecular weight is 371 g/mol. The number of hydrogen-bond donors (Lipinski definition) is 1. The Labute approximate surface area is 135 Å². The zero-order chi connectivity index (χ0) is 15.4. The van der Waals surface area contributed by atoms with Crippen LogP contribution in [0, 0.1) is 0 Å². The van der Waals surface area contributed by atoms with Gasteiger partial charge in [0.2, 0.25) is 0 Å². The fourth-order valence-corrected chi connectivity index (χ4v) is 2.45. The van der Waals surface area contributed by atoms with Gasteiger partial charge in [0.25, 0.3) is 0 Å². The van der Waals surface area contributed by atoms with E-state index in [0.717, 1.165) is 15.8 Å². The highest BCUT2D eigenvalue weighted by Gasteiger charge is 2.10. The van der Waals surface area contributed by atoms with Gasteiger partial charge >= 0.3 is 5.97 Å². The van der Waals surface area contributed by atoms with Gasteiger partial charge in [-0.05, 0) is 51.8 Å². The van der Waals surface area contributed by atoms with Crippen LogP contribution in [0.5, 0.6) is 5.75 Å². The second-order valence-electron chi connectivity index (χ2n) is 4.28. The molecule has 0 amide bonds. The lowest BCUT2D eigenvalue weighted by molar-refractivity contribution is 0.0472. The first-order valence-electron chi connectivity index (χ1n) is 6.06. The minimum Gasteiger partial charge on any atom is -0.496 e. The highest BCUT2D eigenvalue weighted by atomic mass is 79.9. The van der Waals surface area contributed by atoms with E-state index in [2.05, 4.69) is 15.9 Å². The lowest BCUT2D eigenvalue weighted by atomic mass is 10.2. The standard InChI is InChI=1S/C15H13BrClNO3/c1-20-14-5-2-9(6-11(14)16)8-21-15(19)10-3-4-13(18)12(17)7-10/h2-7H,8,18H2,1H3. The Bertz CT molecular complexity index is 676. The van der Waals surface area contributed by atoms with E-state index in [0.29, 0.717) is 16.3 Å². The molecule has 0 fully saturated rings. The van der Waals surface area contributed by atoms with Crippen molar-refractivity contribution in [3.63, 3.8) is 0 Å². The number of carbonyl (C=O) groups is 1. The highest BCUT2D eigenvalue weighted by Crippen LogP contribution is 2.26. The largest absolute Gasteiger partial charge is 0.496 e. The Morgan fingerprint density at radius 1 is 1.29 bits per heavy atom. The molecule has 0 bridgehead atoms. The number of nitrogens with two attached hydrogens (primary N) is 1. The Kier molecular flexibility index (Phi) is 5.09. The van der Waals surface area contributed by atoms with Crippen molar-refractivity contribution in [2.24, 2.45) is 0 Å². The number of anilines is 1. The minimum atomic E-state index is -0.455. The zero-order valence-corrected chi connectivity index (χ0v) is 13.6. The molecule has 0 unspecified atom stereocenters. The number of esters is 1. The van der Waals surface area contributed by atoms with Crippen molar-refractivity contribution in [1.29, 1.82) is 0 Å². The summed E-state index contributed by atoms with van der Waals surface area (Å²) in [5.74, 6) is 0.263. The van der Waals surface area contributed by atoms with Crippen molar-refractivity contribution >= 4 is 39.2 Å². The lowest BCUT2D eigenvalue weighted by Crippen LogP contribution is -2.05. The van der Waals surface area contributed by atoms with Crippen molar-refractivity contribution in [3.05, 3.63) is 57.0 Å². The molecule has 2 N–H and O–H groups in total. The lowest BCUT2D eigenvalue weighted by Gasteiger charge is -2.08. The van der Waals surface area contributed by atoms with E-state index < -0.39 is 5.97 Å². The van der Waals surface area contributed by atoms with Crippen LogP contribution < -0.4 is 10.5 Å². The fraction of sp³-hybridized carbons (Fsp3) is 0.133. The molecule has 0 atom stereocenters. The normalized spacial score (nSPS) is 10.2. The molecule has 0 aromatic heterocycles. The maximum absolute atomic E-state index is 11.9. The number of nitrogen functional groups attached to an aromatic ring is 1. The van der Waals surface area contributed by atoms with E-state index in [1.54, 1.807) is 25.3 Å². The molecule has 0 spiro atoms. The first-order valence-corrected chi connectivity index (χ1v) is 7.23. The van der Waals surface area contributed by atoms with Crippen LogP contribution in [0.4, 0.5) is 5.69 Å². The van der Waals surface area contributed by atoms with Crippen molar-refractivity contribution in [3.8, 4) is 5.75 Å². The minimum absolute atomic E-state index is 0.156. The van der Waals surface area contributed by atoms with E-state index in [9.17, 15) is 4.79 Å². The number of rotatable bonds is 4.